The maximum Gasteiger partial charge on any atom is 0.271 e. The number of nitrogens with zero attached hydrogens (tertiary/aromatic N) is 5. The van der Waals surface area contributed by atoms with Crippen LogP contribution in [0.1, 0.15) is 0 Å². The van der Waals surface area contributed by atoms with Crippen molar-refractivity contribution in [3.63, 3.8) is 0 Å². The van der Waals surface area contributed by atoms with Crippen molar-refractivity contribution in [2.24, 2.45) is 7.05 Å². The van der Waals surface area contributed by atoms with Gasteiger partial charge in [0.15, 0.2) is 5.65 Å². The minimum atomic E-state index is -0.555. The molecule has 0 unspecified atom stereocenters. The number of hydrogen-bond acceptors (Lipinski definition) is 6. The number of fused-ring (bicyclic) bond motifs is 1. The van der Waals surface area contributed by atoms with Gasteiger partial charge in [-0.3, -0.25) is 29.0 Å². The van der Waals surface area contributed by atoms with Crippen LogP contribution in [-0.4, -0.2) is 30.2 Å². The fourth-order valence-electron chi connectivity index (χ4n) is 2.23. The highest BCUT2D eigenvalue weighted by Gasteiger charge is 2.12. The number of aryl methyl sites for hydroxylation is 1. The Morgan fingerprint density at radius 2 is 2.21 bits per heavy atom. The van der Waals surface area contributed by atoms with Crippen molar-refractivity contribution < 1.29 is 9.72 Å². The van der Waals surface area contributed by atoms with E-state index in [1.807, 2.05) is 0 Å². The first-order valence-electron chi connectivity index (χ1n) is 6.87. The maximum atomic E-state index is 12.3. The highest BCUT2D eigenvalue weighted by Crippen LogP contribution is 2.16. The van der Waals surface area contributed by atoms with Gasteiger partial charge in [-0.05, 0) is 6.07 Å². The molecule has 2 heterocycles. The first-order valence-corrected chi connectivity index (χ1v) is 6.87. The predicted octanol–water partition coefficient (Wildman–Crippen LogP) is 0.677. The lowest BCUT2D eigenvalue weighted by molar-refractivity contribution is -0.384. The highest BCUT2D eigenvalue weighted by atomic mass is 16.6. The highest BCUT2D eigenvalue weighted by molar-refractivity contribution is 5.91. The van der Waals surface area contributed by atoms with Crippen LogP contribution in [0.4, 0.5) is 11.4 Å². The van der Waals surface area contributed by atoms with Crippen LogP contribution < -0.4 is 10.9 Å². The van der Waals surface area contributed by atoms with Gasteiger partial charge in [0, 0.05) is 24.9 Å². The van der Waals surface area contributed by atoms with Crippen molar-refractivity contribution in [2.75, 3.05) is 5.32 Å². The molecule has 0 saturated carbocycles. The number of non-ortho nitro benzene ring substituents is 1. The minimum absolute atomic E-state index is 0.136. The summed E-state index contributed by atoms with van der Waals surface area (Å²) in [6.07, 6.45) is 2.65. The van der Waals surface area contributed by atoms with Gasteiger partial charge in [-0.15, -0.1) is 0 Å². The van der Waals surface area contributed by atoms with E-state index in [1.165, 1.54) is 41.5 Å². The number of aromatic nitrogens is 4. The van der Waals surface area contributed by atoms with E-state index in [4.69, 9.17) is 0 Å². The average molecular weight is 328 g/mol. The number of rotatable bonds is 4. The Morgan fingerprint density at radius 3 is 2.96 bits per heavy atom. The summed E-state index contributed by atoms with van der Waals surface area (Å²) in [5.41, 5.74) is 0.179. The van der Waals surface area contributed by atoms with Crippen molar-refractivity contribution in [3.05, 3.63) is 57.3 Å². The molecule has 0 saturated heterocycles. The summed E-state index contributed by atoms with van der Waals surface area (Å²) < 4.78 is 2.61. The summed E-state index contributed by atoms with van der Waals surface area (Å²) in [7, 11) is 1.66. The summed E-state index contributed by atoms with van der Waals surface area (Å²) in [6, 6.07) is 5.54. The molecule has 0 aliphatic rings. The lowest BCUT2D eigenvalue weighted by Gasteiger charge is -2.07. The Hall–Kier alpha value is -3.56. The molecule has 0 radical (unpaired) electrons. The molecule has 0 aliphatic heterocycles. The van der Waals surface area contributed by atoms with Crippen LogP contribution >= 0.6 is 0 Å². The maximum absolute atomic E-state index is 12.3. The molecule has 24 heavy (non-hydrogen) atoms. The zero-order chi connectivity index (χ0) is 17.3. The quantitative estimate of drug-likeness (QED) is 0.554. The number of carbonyl (C=O) groups is 1. The van der Waals surface area contributed by atoms with E-state index in [2.05, 4.69) is 15.4 Å². The predicted molar refractivity (Wildman–Crippen MR) is 84.5 cm³/mol. The summed E-state index contributed by atoms with van der Waals surface area (Å²) in [5.74, 6) is -0.498. The van der Waals surface area contributed by atoms with E-state index in [0.717, 1.165) is 4.57 Å². The van der Waals surface area contributed by atoms with Crippen molar-refractivity contribution in [2.45, 2.75) is 6.54 Å². The molecular weight excluding hydrogens is 316 g/mol. The van der Waals surface area contributed by atoms with Crippen LogP contribution in [-0.2, 0) is 18.4 Å². The number of nitro benzene ring substituents is 1. The fraction of sp³-hybridized carbons (Fsp3) is 0.143. The Kier molecular flexibility index (Phi) is 3.78. The number of nitrogens with one attached hydrogen (secondary N) is 1. The molecule has 2 aromatic heterocycles. The SMILES string of the molecule is Cn1ncc2c(=O)n(CC(=O)Nc3cccc([N+](=O)[O-])c3)cnc21. The molecular formula is C14H12N6O4. The molecule has 1 amide bonds. The Bertz CT molecular complexity index is 1010. The molecule has 0 bridgehead atoms. The number of carbonyl (C=O) groups excluding carboxylic acids is 1. The summed E-state index contributed by atoms with van der Waals surface area (Å²) in [4.78, 5) is 38.6. The third-order valence-electron chi connectivity index (χ3n) is 3.37. The monoisotopic (exact) mass is 328 g/mol. The smallest absolute Gasteiger partial charge is 0.271 e. The molecule has 3 rings (SSSR count). The van der Waals surface area contributed by atoms with Gasteiger partial charge < -0.3 is 5.32 Å². The lowest BCUT2D eigenvalue weighted by atomic mass is 10.3. The topological polar surface area (TPSA) is 125 Å². The van der Waals surface area contributed by atoms with E-state index in [0.29, 0.717) is 11.0 Å². The number of amides is 1. The van der Waals surface area contributed by atoms with Crippen LogP contribution in [0, 0.1) is 10.1 Å². The molecule has 1 aromatic carbocycles. The average Bonchev–Trinajstić information content (AvgIpc) is 2.92. The van der Waals surface area contributed by atoms with E-state index in [-0.39, 0.29) is 23.5 Å². The second kappa shape index (κ2) is 5.91. The van der Waals surface area contributed by atoms with E-state index in [1.54, 1.807) is 7.05 Å². The molecule has 3 aromatic rings. The van der Waals surface area contributed by atoms with Gasteiger partial charge >= 0.3 is 0 Å². The van der Waals surface area contributed by atoms with Crippen molar-refractivity contribution >= 4 is 28.3 Å². The van der Waals surface area contributed by atoms with Crippen molar-refractivity contribution in [3.8, 4) is 0 Å². The Balaban J connectivity index is 1.80. The van der Waals surface area contributed by atoms with E-state index in [9.17, 15) is 19.7 Å². The van der Waals surface area contributed by atoms with E-state index >= 15 is 0 Å². The normalized spacial score (nSPS) is 10.7. The van der Waals surface area contributed by atoms with Gasteiger partial charge in [0.05, 0.1) is 11.1 Å². The van der Waals surface area contributed by atoms with Crippen LogP contribution in [0.3, 0.4) is 0 Å². The van der Waals surface area contributed by atoms with Crippen LogP contribution in [0.2, 0.25) is 0 Å². The fourth-order valence-corrected chi connectivity index (χ4v) is 2.23. The third kappa shape index (κ3) is 2.84. The van der Waals surface area contributed by atoms with Gasteiger partial charge in [-0.25, -0.2) is 4.98 Å². The number of benzene rings is 1. The molecule has 0 aliphatic carbocycles. The largest absolute Gasteiger partial charge is 0.324 e. The van der Waals surface area contributed by atoms with Gasteiger partial charge in [-0.1, -0.05) is 6.07 Å². The molecule has 1 N–H and O–H groups in total. The van der Waals surface area contributed by atoms with Crippen LogP contribution in [0.5, 0.6) is 0 Å². The third-order valence-corrected chi connectivity index (χ3v) is 3.37. The Morgan fingerprint density at radius 1 is 1.42 bits per heavy atom. The molecule has 122 valence electrons. The molecule has 0 fully saturated rings. The van der Waals surface area contributed by atoms with Gasteiger partial charge in [-0.2, -0.15) is 5.10 Å². The standard InChI is InChI=1S/C14H12N6O4/c1-18-13-11(6-16-18)14(22)19(8-15-13)7-12(21)17-9-3-2-4-10(5-9)20(23)24/h2-6,8H,7H2,1H3,(H,17,21). The number of anilines is 1. The summed E-state index contributed by atoms with van der Waals surface area (Å²) in [6.45, 7) is -0.265. The van der Waals surface area contributed by atoms with Crippen LogP contribution in [0.15, 0.2) is 41.6 Å². The Labute approximate surface area is 134 Å². The molecule has 0 spiro atoms. The molecule has 10 heteroatoms. The van der Waals surface area contributed by atoms with Gasteiger partial charge in [0.2, 0.25) is 5.91 Å². The van der Waals surface area contributed by atoms with Crippen LogP contribution in [0.25, 0.3) is 11.0 Å². The van der Waals surface area contributed by atoms with Gasteiger partial charge in [0.25, 0.3) is 11.2 Å². The minimum Gasteiger partial charge on any atom is -0.324 e. The second-order valence-corrected chi connectivity index (χ2v) is 5.04. The second-order valence-electron chi connectivity index (χ2n) is 5.04. The first kappa shape index (κ1) is 15.3. The first-order chi connectivity index (χ1) is 11.5. The van der Waals surface area contributed by atoms with E-state index < -0.39 is 10.8 Å². The molecule has 10 nitrogen and oxygen atoms in total. The molecule has 0 atom stereocenters. The number of nitro groups is 1. The van der Waals surface area contributed by atoms with Gasteiger partial charge in [0.1, 0.15) is 18.3 Å². The zero-order valence-electron chi connectivity index (χ0n) is 12.5. The lowest BCUT2D eigenvalue weighted by Crippen LogP contribution is -2.27. The summed E-state index contributed by atoms with van der Waals surface area (Å²) >= 11 is 0. The van der Waals surface area contributed by atoms with Crippen molar-refractivity contribution in [1.82, 2.24) is 19.3 Å². The number of hydrogen-bond donors (Lipinski definition) is 1. The summed E-state index contributed by atoms with van der Waals surface area (Å²) in [5, 5.41) is 17.5. The zero-order valence-corrected chi connectivity index (χ0v) is 12.5. The van der Waals surface area contributed by atoms with Crippen molar-refractivity contribution in [1.29, 1.82) is 0 Å².